The Morgan fingerprint density at radius 2 is 1.94 bits per heavy atom. The molecule has 166 valence electrons. The standard InChI is InChI=1S/C22H24F4N4O/c1-29-8-9-30(13-16(29)7-10-31-2)21-17-11-14(22(24,25)26)3-5-18(17)27-20-12-15(23)4-6-19(20)28-21/h3-6,11-12,16,27H,7-10,13H2,1-2H3/t16-/m0/s1. The van der Waals surface area contributed by atoms with Crippen LogP contribution < -0.4 is 5.32 Å². The molecule has 4 rings (SSSR count). The van der Waals surface area contributed by atoms with Crippen molar-refractivity contribution in [2.45, 2.75) is 18.6 Å². The minimum Gasteiger partial charge on any atom is -0.385 e. The van der Waals surface area contributed by atoms with E-state index < -0.39 is 17.6 Å². The third kappa shape index (κ3) is 4.52. The summed E-state index contributed by atoms with van der Waals surface area (Å²) in [6, 6.07) is 7.83. The molecule has 2 aromatic carbocycles. The summed E-state index contributed by atoms with van der Waals surface area (Å²) in [5.74, 6) is 0.00654. The average molecular weight is 436 g/mol. The number of nitrogens with zero attached hydrogens (tertiary/aromatic N) is 3. The highest BCUT2D eigenvalue weighted by Gasteiger charge is 2.34. The van der Waals surface area contributed by atoms with E-state index in [2.05, 4.69) is 10.2 Å². The van der Waals surface area contributed by atoms with Gasteiger partial charge in [-0.05, 0) is 49.9 Å². The fraction of sp³-hybridized carbons (Fsp3) is 0.409. The molecule has 0 aliphatic carbocycles. The van der Waals surface area contributed by atoms with Crippen molar-refractivity contribution in [3.05, 3.63) is 53.3 Å². The molecule has 1 N–H and O–H groups in total. The van der Waals surface area contributed by atoms with E-state index in [1.165, 1.54) is 24.3 Å². The largest absolute Gasteiger partial charge is 0.416 e. The van der Waals surface area contributed by atoms with Gasteiger partial charge in [0, 0.05) is 50.6 Å². The van der Waals surface area contributed by atoms with E-state index in [0.717, 1.165) is 25.1 Å². The molecule has 0 radical (unpaired) electrons. The van der Waals surface area contributed by atoms with Crippen LogP contribution in [0.5, 0.6) is 0 Å². The molecule has 2 aliphatic heterocycles. The van der Waals surface area contributed by atoms with Crippen LogP contribution in [0.3, 0.4) is 0 Å². The van der Waals surface area contributed by atoms with Gasteiger partial charge in [0.2, 0.25) is 0 Å². The number of fused-ring (bicyclic) bond motifs is 2. The number of amidine groups is 1. The summed E-state index contributed by atoms with van der Waals surface area (Å²) >= 11 is 0. The number of piperazine rings is 1. The fourth-order valence-corrected chi connectivity index (χ4v) is 3.98. The van der Waals surface area contributed by atoms with Crippen molar-refractivity contribution in [2.75, 3.05) is 45.7 Å². The Morgan fingerprint density at radius 1 is 1.13 bits per heavy atom. The quantitative estimate of drug-likeness (QED) is 0.713. The zero-order valence-electron chi connectivity index (χ0n) is 17.3. The molecule has 1 fully saturated rings. The Morgan fingerprint density at radius 3 is 2.68 bits per heavy atom. The smallest absolute Gasteiger partial charge is 0.385 e. The topological polar surface area (TPSA) is 40.1 Å². The van der Waals surface area contributed by atoms with Crippen molar-refractivity contribution >= 4 is 22.9 Å². The molecule has 0 aromatic heterocycles. The van der Waals surface area contributed by atoms with Gasteiger partial charge in [-0.2, -0.15) is 13.2 Å². The molecule has 2 aromatic rings. The number of likely N-dealkylation sites (N-methyl/N-ethyl adjacent to an activating group) is 1. The lowest BCUT2D eigenvalue weighted by Gasteiger charge is -2.41. The maximum atomic E-state index is 13.8. The molecule has 2 heterocycles. The van der Waals surface area contributed by atoms with Gasteiger partial charge in [-0.3, -0.25) is 4.90 Å². The van der Waals surface area contributed by atoms with E-state index in [-0.39, 0.29) is 6.04 Å². The van der Waals surface area contributed by atoms with Crippen LogP contribution in [0.25, 0.3) is 0 Å². The lowest BCUT2D eigenvalue weighted by atomic mass is 10.0. The minimum atomic E-state index is -4.48. The van der Waals surface area contributed by atoms with Crippen LogP contribution in [-0.4, -0.2) is 62.1 Å². The lowest BCUT2D eigenvalue weighted by molar-refractivity contribution is -0.137. The first-order valence-corrected chi connectivity index (χ1v) is 10.1. The second-order valence-electron chi connectivity index (χ2n) is 7.84. The number of anilines is 2. The summed E-state index contributed by atoms with van der Waals surface area (Å²) in [6.07, 6.45) is -3.68. The maximum Gasteiger partial charge on any atom is 0.416 e. The SMILES string of the molecule is COCC[C@H]1CN(C2=Nc3ccc(F)cc3Nc3ccc(C(F)(F)F)cc32)CCN1C. The fourth-order valence-electron chi connectivity index (χ4n) is 3.98. The zero-order valence-corrected chi connectivity index (χ0v) is 17.3. The van der Waals surface area contributed by atoms with Crippen LogP contribution in [0.2, 0.25) is 0 Å². The van der Waals surface area contributed by atoms with Gasteiger partial charge in [0.15, 0.2) is 0 Å². The molecule has 0 spiro atoms. The van der Waals surface area contributed by atoms with Crippen LogP contribution in [0.15, 0.2) is 41.4 Å². The second kappa shape index (κ2) is 8.47. The van der Waals surface area contributed by atoms with E-state index in [4.69, 9.17) is 9.73 Å². The number of nitrogens with one attached hydrogen (secondary N) is 1. The van der Waals surface area contributed by atoms with E-state index in [1.54, 1.807) is 7.11 Å². The normalized spacial score (nSPS) is 19.2. The van der Waals surface area contributed by atoms with E-state index in [1.807, 2.05) is 11.9 Å². The van der Waals surface area contributed by atoms with Crippen LogP contribution >= 0.6 is 0 Å². The van der Waals surface area contributed by atoms with Gasteiger partial charge in [0.1, 0.15) is 11.7 Å². The molecule has 0 bridgehead atoms. The van der Waals surface area contributed by atoms with Gasteiger partial charge in [-0.15, -0.1) is 0 Å². The molecular formula is C22H24F4N4O. The predicted molar refractivity (Wildman–Crippen MR) is 112 cm³/mol. The summed E-state index contributed by atoms with van der Waals surface area (Å²) in [5, 5.41) is 3.07. The molecule has 1 atom stereocenters. The molecule has 2 aliphatic rings. The number of halogens is 4. The van der Waals surface area contributed by atoms with Crippen LogP contribution in [0.1, 0.15) is 17.5 Å². The average Bonchev–Trinajstić information content (AvgIpc) is 2.88. The maximum absolute atomic E-state index is 13.8. The molecule has 0 amide bonds. The Balaban J connectivity index is 1.79. The molecular weight excluding hydrogens is 412 g/mol. The molecule has 0 unspecified atom stereocenters. The monoisotopic (exact) mass is 436 g/mol. The van der Waals surface area contributed by atoms with Gasteiger partial charge in [-0.25, -0.2) is 9.38 Å². The van der Waals surface area contributed by atoms with Crippen molar-refractivity contribution in [3.8, 4) is 0 Å². The van der Waals surface area contributed by atoms with Gasteiger partial charge < -0.3 is 15.0 Å². The number of hydrogen-bond donors (Lipinski definition) is 1. The molecule has 1 saturated heterocycles. The van der Waals surface area contributed by atoms with Crippen molar-refractivity contribution < 1.29 is 22.3 Å². The molecule has 9 heteroatoms. The number of rotatable bonds is 3. The van der Waals surface area contributed by atoms with Crippen LogP contribution in [0, 0.1) is 5.82 Å². The number of methoxy groups -OCH3 is 1. The number of hydrogen-bond acceptors (Lipinski definition) is 5. The highest BCUT2D eigenvalue weighted by Crippen LogP contribution is 2.38. The molecule has 31 heavy (non-hydrogen) atoms. The minimum absolute atomic E-state index is 0.176. The van der Waals surface area contributed by atoms with Crippen molar-refractivity contribution in [1.29, 1.82) is 0 Å². The first-order chi connectivity index (χ1) is 14.8. The summed E-state index contributed by atoms with van der Waals surface area (Å²) in [5.41, 5.74) is 0.961. The van der Waals surface area contributed by atoms with E-state index in [0.29, 0.717) is 48.2 Å². The molecule has 5 nitrogen and oxygen atoms in total. The Hall–Kier alpha value is -2.65. The van der Waals surface area contributed by atoms with Crippen LogP contribution in [-0.2, 0) is 10.9 Å². The van der Waals surface area contributed by atoms with Crippen molar-refractivity contribution in [2.24, 2.45) is 4.99 Å². The second-order valence-corrected chi connectivity index (χ2v) is 7.84. The van der Waals surface area contributed by atoms with Gasteiger partial charge in [0.25, 0.3) is 0 Å². The summed E-state index contributed by atoms with van der Waals surface area (Å²) in [6.45, 7) is 2.55. The first-order valence-electron chi connectivity index (χ1n) is 10.1. The lowest BCUT2D eigenvalue weighted by Crippen LogP contribution is -2.53. The predicted octanol–water partition coefficient (Wildman–Crippen LogP) is 4.63. The van der Waals surface area contributed by atoms with Gasteiger partial charge in [0.05, 0.1) is 16.9 Å². The van der Waals surface area contributed by atoms with E-state index >= 15 is 0 Å². The number of aliphatic imine (C=N–C) groups is 1. The van der Waals surface area contributed by atoms with E-state index in [9.17, 15) is 17.6 Å². The number of benzene rings is 2. The first kappa shape index (κ1) is 21.6. The Kier molecular flexibility index (Phi) is 5.90. The summed E-state index contributed by atoms with van der Waals surface area (Å²) in [7, 11) is 3.68. The highest BCUT2D eigenvalue weighted by atomic mass is 19.4. The zero-order chi connectivity index (χ0) is 22.2. The summed E-state index contributed by atoms with van der Waals surface area (Å²) < 4.78 is 59.4. The number of alkyl halides is 3. The summed E-state index contributed by atoms with van der Waals surface area (Å²) in [4.78, 5) is 8.94. The molecule has 0 saturated carbocycles. The van der Waals surface area contributed by atoms with Crippen LogP contribution in [0.4, 0.5) is 34.6 Å². The highest BCUT2D eigenvalue weighted by molar-refractivity contribution is 6.08. The third-order valence-corrected chi connectivity index (χ3v) is 5.77. The van der Waals surface area contributed by atoms with Gasteiger partial charge >= 0.3 is 6.18 Å². The Labute approximate surface area is 178 Å². The number of ether oxygens (including phenoxy) is 1. The third-order valence-electron chi connectivity index (χ3n) is 5.77. The van der Waals surface area contributed by atoms with Crippen molar-refractivity contribution in [1.82, 2.24) is 9.80 Å². The Bertz CT molecular complexity index is 992. The van der Waals surface area contributed by atoms with Crippen molar-refractivity contribution in [3.63, 3.8) is 0 Å². The van der Waals surface area contributed by atoms with Gasteiger partial charge in [-0.1, -0.05) is 0 Å².